The smallest absolute Gasteiger partial charge is 0.276 e. The minimum atomic E-state index is -0.360. The first-order valence-corrected chi connectivity index (χ1v) is 6.68. The van der Waals surface area contributed by atoms with E-state index in [9.17, 15) is 9.18 Å². The molecule has 19 heavy (non-hydrogen) atoms. The van der Waals surface area contributed by atoms with Crippen LogP contribution in [0.3, 0.4) is 0 Å². The number of aromatic nitrogens is 2. The number of nitrogens with one attached hydrogen (secondary N) is 1. The van der Waals surface area contributed by atoms with Gasteiger partial charge in [-0.2, -0.15) is 5.10 Å². The van der Waals surface area contributed by atoms with Gasteiger partial charge >= 0.3 is 0 Å². The summed E-state index contributed by atoms with van der Waals surface area (Å²) < 4.78 is 15.1. The molecular formula is C12H12FIN4O. The van der Waals surface area contributed by atoms with E-state index < -0.39 is 0 Å². The summed E-state index contributed by atoms with van der Waals surface area (Å²) in [7, 11) is 0. The fourth-order valence-corrected chi connectivity index (χ4v) is 2.27. The van der Waals surface area contributed by atoms with Crippen LogP contribution in [0.25, 0.3) is 0 Å². The van der Waals surface area contributed by atoms with Crippen LogP contribution in [0.4, 0.5) is 15.8 Å². The average molecular weight is 374 g/mol. The first-order valence-electron chi connectivity index (χ1n) is 5.60. The molecule has 0 saturated heterocycles. The number of anilines is 2. The zero-order chi connectivity index (χ0) is 14.0. The van der Waals surface area contributed by atoms with Gasteiger partial charge in [-0.1, -0.05) is 0 Å². The van der Waals surface area contributed by atoms with E-state index in [0.29, 0.717) is 27.2 Å². The number of hydrogen-bond acceptors (Lipinski definition) is 3. The van der Waals surface area contributed by atoms with Crippen molar-refractivity contribution in [2.24, 2.45) is 0 Å². The first-order chi connectivity index (χ1) is 9.02. The molecule has 0 saturated carbocycles. The Bertz CT molecular complexity index is 626. The monoisotopic (exact) mass is 374 g/mol. The lowest BCUT2D eigenvalue weighted by Crippen LogP contribution is -2.19. The van der Waals surface area contributed by atoms with Crippen LogP contribution in [0, 0.1) is 9.39 Å². The zero-order valence-corrected chi connectivity index (χ0v) is 12.3. The van der Waals surface area contributed by atoms with Crippen LogP contribution in [0.2, 0.25) is 0 Å². The second kappa shape index (κ2) is 5.55. The molecule has 7 heteroatoms. The molecular weight excluding hydrogens is 362 g/mol. The van der Waals surface area contributed by atoms with Gasteiger partial charge in [-0.05, 0) is 47.7 Å². The van der Waals surface area contributed by atoms with Crippen LogP contribution >= 0.6 is 22.6 Å². The number of carbonyl (C=O) groups excluding carboxylic acids is 1. The molecule has 1 aromatic carbocycles. The van der Waals surface area contributed by atoms with Gasteiger partial charge in [0.2, 0.25) is 0 Å². The fraction of sp³-hybridized carbons (Fsp3) is 0.167. The Morgan fingerprint density at radius 3 is 2.95 bits per heavy atom. The highest BCUT2D eigenvalue weighted by Crippen LogP contribution is 2.21. The van der Waals surface area contributed by atoms with Crippen molar-refractivity contribution in [2.45, 2.75) is 13.5 Å². The molecule has 0 radical (unpaired) electrons. The van der Waals surface area contributed by atoms with Crippen LogP contribution in [0.1, 0.15) is 17.4 Å². The second-order valence-electron chi connectivity index (χ2n) is 3.84. The Balaban J connectivity index is 2.28. The molecule has 100 valence electrons. The normalized spacial score (nSPS) is 10.5. The average Bonchev–Trinajstić information content (AvgIpc) is 2.74. The minimum Gasteiger partial charge on any atom is -0.396 e. The number of nitrogen functional groups attached to an aromatic ring is 1. The van der Waals surface area contributed by atoms with Gasteiger partial charge in [-0.3, -0.25) is 9.48 Å². The van der Waals surface area contributed by atoms with E-state index in [1.54, 1.807) is 0 Å². The predicted molar refractivity (Wildman–Crippen MR) is 79.4 cm³/mol. The van der Waals surface area contributed by atoms with Gasteiger partial charge in [-0.15, -0.1) is 0 Å². The summed E-state index contributed by atoms with van der Waals surface area (Å²) in [6.45, 7) is 2.41. The molecule has 2 aromatic rings. The molecule has 5 nitrogen and oxygen atoms in total. The van der Waals surface area contributed by atoms with Gasteiger partial charge in [-0.25, -0.2) is 4.39 Å². The number of amides is 1. The largest absolute Gasteiger partial charge is 0.396 e. The third-order valence-corrected chi connectivity index (χ3v) is 3.45. The summed E-state index contributed by atoms with van der Waals surface area (Å²) in [4.78, 5) is 12.2. The molecule has 1 amide bonds. The highest BCUT2D eigenvalue weighted by atomic mass is 127. The Morgan fingerprint density at radius 2 is 2.32 bits per heavy atom. The van der Waals surface area contributed by atoms with Crippen molar-refractivity contribution >= 4 is 39.9 Å². The van der Waals surface area contributed by atoms with E-state index in [0.717, 1.165) is 0 Å². The van der Waals surface area contributed by atoms with E-state index in [4.69, 9.17) is 5.73 Å². The summed E-state index contributed by atoms with van der Waals surface area (Å²) in [5.74, 6) is -0.707. The lowest BCUT2D eigenvalue weighted by Gasteiger charge is -2.09. The Labute approximate surface area is 123 Å². The van der Waals surface area contributed by atoms with Crippen LogP contribution in [-0.4, -0.2) is 15.7 Å². The summed E-state index contributed by atoms with van der Waals surface area (Å²) in [6, 6.07) is 4.15. The van der Waals surface area contributed by atoms with E-state index in [2.05, 4.69) is 10.4 Å². The third kappa shape index (κ3) is 2.86. The number of halogens is 2. The molecule has 2 rings (SSSR count). The highest BCUT2D eigenvalue weighted by molar-refractivity contribution is 14.1. The van der Waals surface area contributed by atoms with Crippen LogP contribution in [0.15, 0.2) is 24.4 Å². The van der Waals surface area contributed by atoms with Crippen molar-refractivity contribution in [3.63, 3.8) is 0 Å². The van der Waals surface area contributed by atoms with E-state index in [1.165, 1.54) is 29.1 Å². The molecule has 1 aromatic heterocycles. The molecule has 0 spiro atoms. The molecule has 0 atom stereocenters. The quantitative estimate of drug-likeness (QED) is 0.811. The topological polar surface area (TPSA) is 72.9 Å². The molecule has 0 aliphatic rings. The van der Waals surface area contributed by atoms with Crippen LogP contribution in [-0.2, 0) is 6.54 Å². The number of rotatable bonds is 3. The van der Waals surface area contributed by atoms with Gasteiger partial charge in [0, 0.05) is 10.1 Å². The second-order valence-corrected chi connectivity index (χ2v) is 5.00. The summed E-state index contributed by atoms with van der Waals surface area (Å²) in [5, 5.41) is 6.70. The van der Waals surface area contributed by atoms with Crippen molar-refractivity contribution in [1.82, 2.24) is 9.78 Å². The highest BCUT2D eigenvalue weighted by Gasteiger charge is 2.17. The minimum absolute atomic E-state index is 0.308. The molecule has 3 N–H and O–H groups in total. The predicted octanol–water partition coefficient (Wildman–Crippen LogP) is 2.48. The number of carbonyl (C=O) groups is 1. The summed E-state index contributed by atoms with van der Waals surface area (Å²) in [6.07, 6.45) is 1.44. The number of hydrogen-bond donors (Lipinski definition) is 2. The third-order valence-electron chi connectivity index (χ3n) is 2.56. The maximum Gasteiger partial charge on any atom is 0.276 e. The molecule has 0 fully saturated rings. The van der Waals surface area contributed by atoms with Crippen molar-refractivity contribution in [1.29, 1.82) is 0 Å². The molecule has 1 heterocycles. The van der Waals surface area contributed by atoms with Gasteiger partial charge < -0.3 is 11.1 Å². The van der Waals surface area contributed by atoms with E-state index >= 15 is 0 Å². The number of aryl methyl sites for hydroxylation is 1. The molecule has 0 aliphatic carbocycles. The summed E-state index contributed by atoms with van der Waals surface area (Å²) >= 11 is 1.96. The maximum atomic E-state index is 13.0. The van der Waals surface area contributed by atoms with Gasteiger partial charge in [0.05, 0.1) is 17.6 Å². The van der Waals surface area contributed by atoms with Gasteiger partial charge in [0.25, 0.3) is 5.91 Å². The number of benzene rings is 1. The van der Waals surface area contributed by atoms with Crippen molar-refractivity contribution in [3.05, 3.63) is 39.5 Å². The maximum absolute atomic E-state index is 13.0. The van der Waals surface area contributed by atoms with Gasteiger partial charge in [0.15, 0.2) is 0 Å². The molecule has 0 bridgehead atoms. The Morgan fingerprint density at radius 1 is 1.58 bits per heavy atom. The first kappa shape index (κ1) is 13.8. The lowest BCUT2D eigenvalue weighted by atomic mass is 10.3. The van der Waals surface area contributed by atoms with Crippen molar-refractivity contribution in [2.75, 3.05) is 11.1 Å². The molecule has 0 unspecified atom stereocenters. The number of nitrogens with two attached hydrogens (primary N) is 1. The fourth-order valence-electron chi connectivity index (χ4n) is 1.66. The van der Waals surface area contributed by atoms with Crippen molar-refractivity contribution in [3.8, 4) is 0 Å². The van der Waals surface area contributed by atoms with Crippen LogP contribution in [0.5, 0.6) is 0 Å². The zero-order valence-electron chi connectivity index (χ0n) is 10.2. The Hall–Kier alpha value is -1.64. The Kier molecular flexibility index (Phi) is 4.03. The van der Waals surface area contributed by atoms with Gasteiger partial charge in [0.1, 0.15) is 11.5 Å². The standard InChI is InChI=1S/C12H12FIN4O/c1-2-18-11(9(15)6-16-18)12(19)17-10-4-3-7(13)5-8(10)14/h3-6H,2,15H2,1H3,(H,17,19). The SMILES string of the molecule is CCn1ncc(N)c1C(=O)Nc1ccc(F)cc1I. The van der Waals surface area contributed by atoms with E-state index in [1.807, 2.05) is 29.5 Å². The lowest BCUT2D eigenvalue weighted by molar-refractivity contribution is 0.101. The molecule has 0 aliphatic heterocycles. The van der Waals surface area contributed by atoms with Crippen LogP contribution < -0.4 is 11.1 Å². The van der Waals surface area contributed by atoms with Crippen molar-refractivity contribution < 1.29 is 9.18 Å². The summed E-state index contributed by atoms with van der Waals surface area (Å²) in [5.41, 5.74) is 6.89. The van der Waals surface area contributed by atoms with E-state index in [-0.39, 0.29) is 11.7 Å². The number of nitrogens with zero attached hydrogens (tertiary/aromatic N) is 2.